The molecule has 2 amide bonds. The van der Waals surface area contributed by atoms with Gasteiger partial charge in [0.15, 0.2) is 0 Å². The number of ether oxygens (including phenoxy) is 1. The van der Waals surface area contributed by atoms with Crippen molar-refractivity contribution in [2.75, 3.05) is 18.8 Å². The smallest absolute Gasteiger partial charge is 0.267 e. The number of nitrogen functional groups attached to an aromatic ring is 1. The fourth-order valence-corrected chi connectivity index (χ4v) is 4.18. The SMILES string of the molecule is C=CC(=O)N1CCCC(c2cn(-c3ccc(Oc4ccccc4)cc3)c(C(N)=O)c2N)C1. The summed E-state index contributed by atoms with van der Waals surface area (Å²) in [5.41, 5.74) is 14.2. The van der Waals surface area contributed by atoms with E-state index in [1.54, 1.807) is 9.47 Å². The molecule has 0 saturated carbocycles. The molecule has 32 heavy (non-hydrogen) atoms. The monoisotopic (exact) mass is 430 g/mol. The standard InChI is InChI=1S/C25H26N4O3/c1-2-22(30)28-14-6-7-17(15-28)21-16-29(24(23(21)26)25(27)31)18-10-12-20(13-11-18)32-19-8-4-3-5-9-19/h2-5,8-13,16-17H,1,6-7,14-15,26H2,(H2,27,31). The topological polar surface area (TPSA) is 104 Å². The van der Waals surface area contributed by atoms with Crippen LogP contribution in [0.5, 0.6) is 11.5 Å². The molecule has 0 spiro atoms. The Morgan fingerprint density at radius 3 is 2.41 bits per heavy atom. The van der Waals surface area contributed by atoms with Gasteiger partial charge in [0.1, 0.15) is 17.2 Å². The predicted molar refractivity (Wildman–Crippen MR) is 124 cm³/mol. The molecule has 1 fully saturated rings. The lowest BCUT2D eigenvalue weighted by Gasteiger charge is -2.32. The van der Waals surface area contributed by atoms with E-state index in [0.717, 1.165) is 29.8 Å². The number of amides is 2. The lowest BCUT2D eigenvalue weighted by atomic mass is 9.91. The average Bonchev–Trinajstić information content (AvgIpc) is 3.17. The Bertz CT molecular complexity index is 1140. The van der Waals surface area contributed by atoms with E-state index in [1.807, 2.05) is 60.8 Å². The Labute approximate surface area is 186 Å². The van der Waals surface area contributed by atoms with Gasteiger partial charge in [-0.2, -0.15) is 0 Å². The van der Waals surface area contributed by atoms with Crippen LogP contribution in [0.15, 0.2) is 73.4 Å². The van der Waals surface area contributed by atoms with E-state index < -0.39 is 5.91 Å². The Morgan fingerprint density at radius 1 is 1.06 bits per heavy atom. The van der Waals surface area contributed by atoms with E-state index in [9.17, 15) is 9.59 Å². The van der Waals surface area contributed by atoms with E-state index in [0.29, 0.717) is 24.5 Å². The van der Waals surface area contributed by atoms with Gasteiger partial charge in [-0.25, -0.2) is 0 Å². The zero-order chi connectivity index (χ0) is 22.7. The van der Waals surface area contributed by atoms with Crippen LogP contribution in [0.25, 0.3) is 5.69 Å². The minimum Gasteiger partial charge on any atom is -0.457 e. The number of carbonyl (C=O) groups is 2. The number of benzene rings is 2. The van der Waals surface area contributed by atoms with E-state index in [-0.39, 0.29) is 17.5 Å². The van der Waals surface area contributed by atoms with Crippen LogP contribution in [0.1, 0.15) is 34.8 Å². The molecule has 4 rings (SSSR count). The number of carbonyl (C=O) groups excluding carboxylic acids is 2. The minimum absolute atomic E-state index is 0.0210. The van der Waals surface area contributed by atoms with E-state index in [4.69, 9.17) is 16.2 Å². The maximum Gasteiger partial charge on any atom is 0.267 e. The number of piperidine rings is 1. The van der Waals surface area contributed by atoms with Crippen LogP contribution in [0.3, 0.4) is 0 Å². The molecule has 1 unspecified atom stereocenters. The van der Waals surface area contributed by atoms with Crippen LogP contribution in [0.4, 0.5) is 5.69 Å². The first kappa shape index (κ1) is 21.2. The van der Waals surface area contributed by atoms with Crippen LogP contribution in [-0.2, 0) is 4.79 Å². The van der Waals surface area contributed by atoms with Crippen LogP contribution in [0.2, 0.25) is 0 Å². The normalized spacial score (nSPS) is 15.9. The van der Waals surface area contributed by atoms with Gasteiger partial charge in [-0.15, -0.1) is 0 Å². The molecule has 1 atom stereocenters. The fraction of sp³-hybridized carbons (Fsp3) is 0.200. The largest absolute Gasteiger partial charge is 0.457 e. The molecule has 1 aliphatic heterocycles. The van der Waals surface area contributed by atoms with Gasteiger partial charge < -0.3 is 25.7 Å². The molecule has 1 saturated heterocycles. The number of anilines is 1. The second-order valence-electron chi connectivity index (χ2n) is 7.82. The van der Waals surface area contributed by atoms with Crippen molar-refractivity contribution in [3.63, 3.8) is 0 Å². The highest BCUT2D eigenvalue weighted by Gasteiger charge is 2.29. The number of hydrogen-bond acceptors (Lipinski definition) is 4. The van der Waals surface area contributed by atoms with Crippen molar-refractivity contribution in [1.82, 2.24) is 9.47 Å². The Kier molecular flexibility index (Phi) is 5.98. The maximum atomic E-state index is 12.3. The number of hydrogen-bond donors (Lipinski definition) is 2. The minimum atomic E-state index is -0.604. The highest BCUT2D eigenvalue weighted by molar-refractivity contribution is 5.98. The number of likely N-dealkylation sites (tertiary alicyclic amines) is 1. The quantitative estimate of drug-likeness (QED) is 0.580. The van der Waals surface area contributed by atoms with Gasteiger partial charge in [-0.1, -0.05) is 24.8 Å². The van der Waals surface area contributed by atoms with Crippen LogP contribution in [-0.4, -0.2) is 34.4 Å². The number of nitrogens with zero attached hydrogens (tertiary/aromatic N) is 2. The first-order chi connectivity index (χ1) is 15.5. The molecule has 1 aromatic heterocycles. The second kappa shape index (κ2) is 9.01. The first-order valence-electron chi connectivity index (χ1n) is 10.5. The Hall–Kier alpha value is -4.00. The van der Waals surface area contributed by atoms with Gasteiger partial charge in [0, 0.05) is 30.9 Å². The number of primary amides is 1. The third kappa shape index (κ3) is 4.23. The molecule has 2 aromatic carbocycles. The molecule has 7 heteroatoms. The van der Waals surface area contributed by atoms with Gasteiger partial charge in [0.05, 0.1) is 5.69 Å². The van der Waals surface area contributed by atoms with Gasteiger partial charge in [0.2, 0.25) is 5.91 Å². The van der Waals surface area contributed by atoms with Crippen molar-refractivity contribution in [2.24, 2.45) is 5.73 Å². The van der Waals surface area contributed by atoms with Crippen molar-refractivity contribution < 1.29 is 14.3 Å². The summed E-state index contributed by atoms with van der Waals surface area (Å²) in [7, 11) is 0. The van der Waals surface area contributed by atoms with Crippen LogP contribution in [0, 0.1) is 0 Å². The number of para-hydroxylation sites is 1. The fourth-order valence-electron chi connectivity index (χ4n) is 4.18. The summed E-state index contributed by atoms with van der Waals surface area (Å²) in [5, 5.41) is 0. The van der Waals surface area contributed by atoms with Crippen LogP contribution >= 0.6 is 0 Å². The van der Waals surface area contributed by atoms with E-state index in [1.165, 1.54) is 6.08 Å². The Balaban J connectivity index is 1.63. The summed E-state index contributed by atoms with van der Waals surface area (Å²) in [6, 6.07) is 16.8. The lowest BCUT2D eigenvalue weighted by Crippen LogP contribution is -2.38. The zero-order valence-corrected chi connectivity index (χ0v) is 17.7. The molecular weight excluding hydrogens is 404 g/mol. The summed E-state index contributed by atoms with van der Waals surface area (Å²) in [5.74, 6) is 0.728. The number of rotatable bonds is 6. The molecule has 4 N–H and O–H groups in total. The summed E-state index contributed by atoms with van der Waals surface area (Å²) in [4.78, 5) is 26.1. The van der Waals surface area contributed by atoms with Crippen molar-refractivity contribution >= 4 is 17.5 Å². The van der Waals surface area contributed by atoms with E-state index in [2.05, 4.69) is 6.58 Å². The summed E-state index contributed by atoms with van der Waals surface area (Å²) < 4.78 is 7.56. The van der Waals surface area contributed by atoms with Crippen molar-refractivity contribution in [3.05, 3.63) is 84.7 Å². The second-order valence-corrected chi connectivity index (χ2v) is 7.82. The summed E-state index contributed by atoms with van der Waals surface area (Å²) in [6.45, 7) is 4.79. The van der Waals surface area contributed by atoms with Crippen molar-refractivity contribution in [2.45, 2.75) is 18.8 Å². The zero-order valence-electron chi connectivity index (χ0n) is 17.7. The number of nitrogens with two attached hydrogens (primary N) is 2. The molecule has 3 aromatic rings. The molecule has 1 aliphatic rings. The van der Waals surface area contributed by atoms with Gasteiger partial charge in [-0.3, -0.25) is 9.59 Å². The Morgan fingerprint density at radius 2 is 1.75 bits per heavy atom. The molecule has 7 nitrogen and oxygen atoms in total. The summed E-state index contributed by atoms with van der Waals surface area (Å²) >= 11 is 0. The maximum absolute atomic E-state index is 12.3. The van der Waals surface area contributed by atoms with Crippen molar-refractivity contribution in [3.8, 4) is 17.2 Å². The van der Waals surface area contributed by atoms with E-state index >= 15 is 0 Å². The molecule has 0 aliphatic carbocycles. The lowest BCUT2D eigenvalue weighted by molar-refractivity contribution is -0.127. The number of aromatic nitrogens is 1. The third-order valence-corrected chi connectivity index (χ3v) is 5.75. The molecule has 0 radical (unpaired) electrons. The highest BCUT2D eigenvalue weighted by atomic mass is 16.5. The molecule has 2 heterocycles. The summed E-state index contributed by atoms with van der Waals surface area (Å²) in [6.07, 6.45) is 4.91. The van der Waals surface area contributed by atoms with Gasteiger partial charge in [0.25, 0.3) is 5.91 Å². The van der Waals surface area contributed by atoms with Crippen molar-refractivity contribution in [1.29, 1.82) is 0 Å². The third-order valence-electron chi connectivity index (χ3n) is 5.75. The highest BCUT2D eigenvalue weighted by Crippen LogP contribution is 2.35. The first-order valence-corrected chi connectivity index (χ1v) is 10.5. The van der Waals surface area contributed by atoms with Gasteiger partial charge in [-0.05, 0) is 60.9 Å². The predicted octanol–water partition coefficient (Wildman–Crippen LogP) is 3.84. The molecular formula is C25H26N4O3. The molecule has 164 valence electrons. The average molecular weight is 431 g/mol. The van der Waals surface area contributed by atoms with Gasteiger partial charge >= 0.3 is 0 Å². The van der Waals surface area contributed by atoms with Crippen LogP contribution < -0.4 is 16.2 Å². The molecule has 0 bridgehead atoms.